The van der Waals surface area contributed by atoms with Crippen LogP contribution in [0, 0.1) is 0 Å². The molecule has 1 N–H and O–H groups in total. The Morgan fingerprint density at radius 3 is 2.74 bits per heavy atom. The molecule has 0 aliphatic rings. The molecule has 0 spiro atoms. The SMILES string of the molecule is CC(C)(C)c1noc(CCC(=O)Nc2ccnn2Cc2ccccc2Br)n1. The highest BCUT2D eigenvalue weighted by Crippen LogP contribution is 2.20. The summed E-state index contributed by atoms with van der Waals surface area (Å²) < 4.78 is 7.98. The molecule has 0 aliphatic heterocycles. The van der Waals surface area contributed by atoms with Crippen molar-refractivity contribution in [1.29, 1.82) is 0 Å². The summed E-state index contributed by atoms with van der Waals surface area (Å²) in [5.74, 6) is 1.64. The first-order valence-electron chi connectivity index (χ1n) is 8.71. The van der Waals surface area contributed by atoms with E-state index in [1.54, 1.807) is 16.9 Å². The van der Waals surface area contributed by atoms with E-state index in [1.165, 1.54) is 0 Å². The molecule has 3 aromatic rings. The van der Waals surface area contributed by atoms with Crippen molar-refractivity contribution in [3.63, 3.8) is 0 Å². The Morgan fingerprint density at radius 2 is 2.04 bits per heavy atom. The summed E-state index contributed by atoms with van der Waals surface area (Å²) in [6.07, 6.45) is 2.32. The second-order valence-electron chi connectivity index (χ2n) is 7.28. The summed E-state index contributed by atoms with van der Waals surface area (Å²) >= 11 is 3.53. The molecule has 0 fully saturated rings. The van der Waals surface area contributed by atoms with Gasteiger partial charge in [0.05, 0.1) is 12.7 Å². The van der Waals surface area contributed by atoms with Gasteiger partial charge in [0.15, 0.2) is 5.82 Å². The van der Waals surface area contributed by atoms with Gasteiger partial charge in [-0.1, -0.05) is 60.1 Å². The first-order valence-corrected chi connectivity index (χ1v) is 9.50. The largest absolute Gasteiger partial charge is 0.339 e. The number of aromatic nitrogens is 4. The Bertz CT molecular complexity index is 926. The molecule has 8 heteroatoms. The number of hydrogen-bond donors (Lipinski definition) is 1. The van der Waals surface area contributed by atoms with Crippen LogP contribution in [0.25, 0.3) is 0 Å². The van der Waals surface area contributed by atoms with Crippen molar-refractivity contribution in [2.75, 3.05) is 5.32 Å². The zero-order valence-corrected chi connectivity index (χ0v) is 17.2. The second-order valence-corrected chi connectivity index (χ2v) is 8.13. The van der Waals surface area contributed by atoms with E-state index in [9.17, 15) is 4.79 Å². The van der Waals surface area contributed by atoms with E-state index in [4.69, 9.17) is 4.52 Å². The maximum absolute atomic E-state index is 12.3. The third-order valence-corrected chi connectivity index (χ3v) is 4.74. The number of carbonyl (C=O) groups excluding carboxylic acids is 1. The highest BCUT2D eigenvalue weighted by molar-refractivity contribution is 9.10. The van der Waals surface area contributed by atoms with E-state index in [-0.39, 0.29) is 17.7 Å². The Balaban J connectivity index is 1.58. The van der Waals surface area contributed by atoms with E-state index >= 15 is 0 Å². The maximum Gasteiger partial charge on any atom is 0.227 e. The van der Waals surface area contributed by atoms with Crippen molar-refractivity contribution < 1.29 is 9.32 Å². The number of nitrogens with zero attached hydrogens (tertiary/aromatic N) is 4. The molecule has 2 aromatic heterocycles. The van der Waals surface area contributed by atoms with Crippen molar-refractivity contribution in [2.24, 2.45) is 0 Å². The molecule has 2 heterocycles. The minimum atomic E-state index is -0.178. The molecule has 1 amide bonds. The number of aryl methyl sites for hydroxylation is 1. The third-order valence-electron chi connectivity index (χ3n) is 3.97. The zero-order chi connectivity index (χ0) is 19.4. The van der Waals surface area contributed by atoms with Gasteiger partial charge in [0.25, 0.3) is 0 Å². The average molecular weight is 432 g/mol. The second kappa shape index (κ2) is 8.04. The van der Waals surface area contributed by atoms with E-state index in [0.717, 1.165) is 10.0 Å². The van der Waals surface area contributed by atoms with Crippen molar-refractivity contribution in [3.05, 3.63) is 58.3 Å². The number of amides is 1. The number of carbonyl (C=O) groups is 1. The monoisotopic (exact) mass is 431 g/mol. The van der Waals surface area contributed by atoms with Gasteiger partial charge in [-0.25, -0.2) is 4.68 Å². The Labute approximate surface area is 166 Å². The van der Waals surface area contributed by atoms with Crippen molar-refractivity contribution in [2.45, 2.75) is 45.6 Å². The molecular formula is C19H22BrN5O2. The van der Waals surface area contributed by atoms with Crippen LogP contribution < -0.4 is 5.32 Å². The Hall–Kier alpha value is -2.48. The van der Waals surface area contributed by atoms with Crippen molar-refractivity contribution in [1.82, 2.24) is 19.9 Å². The van der Waals surface area contributed by atoms with Crippen LogP contribution in [0.1, 0.15) is 44.5 Å². The van der Waals surface area contributed by atoms with E-state index in [2.05, 4.69) is 36.5 Å². The fraction of sp³-hybridized carbons (Fsp3) is 0.368. The predicted molar refractivity (Wildman–Crippen MR) is 105 cm³/mol. The van der Waals surface area contributed by atoms with Gasteiger partial charge in [-0.2, -0.15) is 10.1 Å². The molecule has 1 aromatic carbocycles. The van der Waals surface area contributed by atoms with Gasteiger partial charge in [-0.15, -0.1) is 0 Å². The quantitative estimate of drug-likeness (QED) is 0.638. The minimum absolute atomic E-state index is 0.126. The van der Waals surface area contributed by atoms with E-state index in [1.807, 2.05) is 45.0 Å². The first-order chi connectivity index (χ1) is 12.8. The van der Waals surface area contributed by atoms with Crippen molar-refractivity contribution >= 4 is 27.7 Å². The maximum atomic E-state index is 12.3. The standard InChI is InChI=1S/C19H22BrN5O2/c1-19(2,3)18-23-17(27-24-18)9-8-16(26)22-15-10-11-21-25(15)12-13-6-4-5-7-14(13)20/h4-7,10-11H,8-9,12H2,1-3H3,(H,22,26). The highest BCUT2D eigenvalue weighted by Gasteiger charge is 2.21. The fourth-order valence-corrected chi connectivity index (χ4v) is 2.85. The topological polar surface area (TPSA) is 85.8 Å². The molecule has 0 bridgehead atoms. The predicted octanol–water partition coefficient (Wildman–Crippen LogP) is 3.95. The molecule has 0 saturated carbocycles. The normalized spacial score (nSPS) is 11.6. The average Bonchev–Trinajstić information content (AvgIpc) is 3.25. The molecule has 142 valence electrons. The lowest BCUT2D eigenvalue weighted by atomic mass is 9.96. The van der Waals surface area contributed by atoms with Crippen LogP contribution in [0.5, 0.6) is 0 Å². The van der Waals surface area contributed by atoms with Crippen LogP contribution in [-0.4, -0.2) is 25.8 Å². The van der Waals surface area contributed by atoms with Gasteiger partial charge in [0.2, 0.25) is 11.8 Å². The summed E-state index contributed by atoms with van der Waals surface area (Å²) in [7, 11) is 0. The number of hydrogen-bond acceptors (Lipinski definition) is 5. The lowest BCUT2D eigenvalue weighted by molar-refractivity contribution is -0.116. The number of nitrogens with one attached hydrogen (secondary N) is 1. The smallest absolute Gasteiger partial charge is 0.227 e. The number of anilines is 1. The summed E-state index contributed by atoms with van der Waals surface area (Å²) in [4.78, 5) is 16.7. The Morgan fingerprint density at radius 1 is 1.26 bits per heavy atom. The molecule has 0 saturated heterocycles. The molecule has 3 rings (SSSR count). The third kappa shape index (κ3) is 5.03. The number of benzene rings is 1. The molecule has 27 heavy (non-hydrogen) atoms. The molecule has 0 unspecified atom stereocenters. The van der Waals surface area contributed by atoms with Crippen LogP contribution in [0.2, 0.25) is 0 Å². The van der Waals surface area contributed by atoms with Gasteiger partial charge >= 0.3 is 0 Å². The van der Waals surface area contributed by atoms with Crippen LogP contribution in [0.4, 0.5) is 5.82 Å². The minimum Gasteiger partial charge on any atom is -0.339 e. The van der Waals surface area contributed by atoms with Gasteiger partial charge in [-0.3, -0.25) is 4.79 Å². The number of halogens is 1. The summed E-state index contributed by atoms with van der Waals surface area (Å²) in [5.41, 5.74) is 0.902. The van der Waals surface area contributed by atoms with Gasteiger partial charge in [-0.05, 0) is 11.6 Å². The molecular weight excluding hydrogens is 410 g/mol. The molecule has 0 radical (unpaired) electrons. The summed E-state index contributed by atoms with van der Waals surface area (Å²) in [5, 5.41) is 11.2. The van der Waals surface area contributed by atoms with Gasteiger partial charge in [0, 0.05) is 28.8 Å². The highest BCUT2D eigenvalue weighted by atomic mass is 79.9. The van der Waals surface area contributed by atoms with Gasteiger partial charge < -0.3 is 9.84 Å². The van der Waals surface area contributed by atoms with Gasteiger partial charge in [0.1, 0.15) is 5.82 Å². The molecule has 0 aliphatic carbocycles. The van der Waals surface area contributed by atoms with Crippen LogP contribution in [-0.2, 0) is 23.2 Å². The summed E-state index contributed by atoms with van der Waals surface area (Å²) in [6.45, 7) is 6.60. The Kier molecular flexibility index (Phi) is 5.74. The number of rotatable bonds is 6. The molecule has 0 atom stereocenters. The molecule has 7 nitrogen and oxygen atoms in total. The lowest BCUT2D eigenvalue weighted by Gasteiger charge is -2.11. The van der Waals surface area contributed by atoms with Crippen molar-refractivity contribution in [3.8, 4) is 0 Å². The zero-order valence-electron chi connectivity index (χ0n) is 15.6. The fourth-order valence-electron chi connectivity index (χ4n) is 2.44. The summed E-state index contributed by atoms with van der Waals surface area (Å²) in [6, 6.07) is 9.70. The van der Waals surface area contributed by atoms with Crippen LogP contribution in [0.15, 0.2) is 45.5 Å². The lowest BCUT2D eigenvalue weighted by Crippen LogP contribution is -2.17. The van der Waals surface area contributed by atoms with E-state index < -0.39 is 0 Å². The first kappa shape index (κ1) is 19.3. The van der Waals surface area contributed by atoms with Crippen LogP contribution >= 0.6 is 15.9 Å². The van der Waals surface area contributed by atoms with Crippen LogP contribution in [0.3, 0.4) is 0 Å². The van der Waals surface area contributed by atoms with E-state index in [0.29, 0.717) is 30.5 Å².